The molecule has 0 atom stereocenters. The lowest BCUT2D eigenvalue weighted by atomic mass is 10.1. The van der Waals surface area contributed by atoms with E-state index >= 15 is 0 Å². The zero-order chi connectivity index (χ0) is 18.6. The first-order valence-corrected chi connectivity index (χ1v) is 9.44. The molecule has 4 rings (SSSR count). The Bertz CT molecular complexity index is 1290. The Kier molecular flexibility index (Phi) is 4.18. The van der Waals surface area contributed by atoms with Crippen LogP contribution in [0, 0.1) is 13.8 Å². The average Bonchev–Trinajstić information content (AvgIpc) is 3.09. The highest BCUT2D eigenvalue weighted by Gasteiger charge is 2.14. The SMILES string of the molecule is COc1c(Cl)cc(Cl)cc1/C=c1/sc2nc3c(C)c(C)ccc3n2c1=O. The number of halogens is 2. The molecule has 2 aromatic carbocycles. The first-order valence-electron chi connectivity index (χ1n) is 7.86. The van der Waals surface area contributed by atoms with Gasteiger partial charge in [0, 0.05) is 10.6 Å². The monoisotopic (exact) mass is 404 g/mol. The predicted molar refractivity (Wildman–Crippen MR) is 108 cm³/mol. The van der Waals surface area contributed by atoms with Crippen LogP contribution in [0.15, 0.2) is 29.1 Å². The van der Waals surface area contributed by atoms with Crippen LogP contribution in [0.25, 0.3) is 22.1 Å². The predicted octanol–water partition coefficient (Wildman–Crippen LogP) is 4.39. The number of benzene rings is 2. The van der Waals surface area contributed by atoms with E-state index in [0.29, 0.717) is 30.9 Å². The highest BCUT2D eigenvalue weighted by molar-refractivity contribution is 7.15. The third-order valence-corrected chi connectivity index (χ3v) is 5.93. The number of rotatable bonds is 2. The molecule has 0 amide bonds. The van der Waals surface area contributed by atoms with Gasteiger partial charge in [-0.15, -0.1) is 0 Å². The Labute approximate surface area is 163 Å². The van der Waals surface area contributed by atoms with E-state index in [-0.39, 0.29) is 5.56 Å². The molecule has 0 spiro atoms. The van der Waals surface area contributed by atoms with E-state index in [4.69, 9.17) is 27.9 Å². The van der Waals surface area contributed by atoms with E-state index in [1.165, 1.54) is 18.4 Å². The summed E-state index contributed by atoms with van der Waals surface area (Å²) in [4.78, 5) is 18.3. The van der Waals surface area contributed by atoms with E-state index < -0.39 is 0 Å². The van der Waals surface area contributed by atoms with Gasteiger partial charge in [-0.3, -0.25) is 4.79 Å². The van der Waals surface area contributed by atoms with Gasteiger partial charge in [0.15, 0.2) is 4.96 Å². The van der Waals surface area contributed by atoms with Crippen molar-refractivity contribution < 1.29 is 4.74 Å². The molecule has 0 fully saturated rings. The Hall–Kier alpha value is -2.08. The van der Waals surface area contributed by atoms with Crippen molar-refractivity contribution >= 4 is 56.6 Å². The van der Waals surface area contributed by atoms with Gasteiger partial charge in [0.05, 0.1) is 27.7 Å². The summed E-state index contributed by atoms with van der Waals surface area (Å²) in [5, 5.41) is 0.879. The van der Waals surface area contributed by atoms with Crippen molar-refractivity contribution in [1.29, 1.82) is 0 Å². The van der Waals surface area contributed by atoms with Crippen LogP contribution in [0.4, 0.5) is 0 Å². The maximum absolute atomic E-state index is 13.0. The number of nitrogens with zero attached hydrogens (tertiary/aromatic N) is 2. The molecule has 0 N–H and O–H groups in total. The quantitative estimate of drug-likeness (QED) is 0.497. The van der Waals surface area contributed by atoms with Crippen molar-refractivity contribution in [3.8, 4) is 5.75 Å². The van der Waals surface area contributed by atoms with E-state index in [2.05, 4.69) is 4.98 Å². The summed E-state index contributed by atoms with van der Waals surface area (Å²) in [7, 11) is 1.53. The van der Waals surface area contributed by atoms with Crippen LogP contribution in [-0.2, 0) is 0 Å². The number of aromatic nitrogens is 2. The minimum atomic E-state index is -0.117. The summed E-state index contributed by atoms with van der Waals surface area (Å²) in [5.41, 5.74) is 4.47. The lowest BCUT2D eigenvalue weighted by molar-refractivity contribution is 0.414. The molecular formula is C19H14Cl2N2O2S. The fourth-order valence-electron chi connectivity index (χ4n) is 3.01. The molecule has 0 saturated carbocycles. The zero-order valence-electron chi connectivity index (χ0n) is 14.3. The molecule has 7 heteroatoms. The number of ether oxygens (including phenoxy) is 1. The number of hydrogen-bond acceptors (Lipinski definition) is 4. The number of methoxy groups -OCH3 is 1. The molecule has 0 unspecified atom stereocenters. The summed E-state index contributed by atoms with van der Waals surface area (Å²) in [5.74, 6) is 0.484. The maximum atomic E-state index is 13.0. The van der Waals surface area contributed by atoms with E-state index in [0.717, 1.165) is 22.2 Å². The topological polar surface area (TPSA) is 43.6 Å². The van der Waals surface area contributed by atoms with Crippen molar-refractivity contribution in [3.63, 3.8) is 0 Å². The lowest BCUT2D eigenvalue weighted by Crippen LogP contribution is -2.22. The summed E-state index contributed by atoms with van der Waals surface area (Å²) in [6.45, 7) is 4.06. The van der Waals surface area contributed by atoms with Gasteiger partial charge >= 0.3 is 0 Å². The highest BCUT2D eigenvalue weighted by atomic mass is 35.5. The van der Waals surface area contributed by atoms with Crippen LogP contribution < -0.4 is 14.8 Å². The molecule has 132 valence electrons. The smallest absolute Gasteiger partial charge is 0.274 e. The van der Waals surface area contributed by atoms with Crippen molar-refractivity contribution in [3.05, 3.63) is 65.9 Å². The largest absolute Gasteiger partial charge is 0.495 e. The number of fused-ring (bicyclic) bond motifs is 3. The molecule has 0 aliphatic rings. The fourth-order valence-corrected chi connectivity index (χ4v) is 4.57. The Balaban J connectivity index is 2.03. The molecule has 0 aliphatic heterocycles. The second-order valence-corrected chi connectivity index (χ2v) is 7.88. The van der Waals surface area contributed by atoms with Crippen molar-refractivity contribution in [1.82, 2.24) is 9.38 Å². The molecule has 4 nitrogen and oxygen atoms in total. The number of aryl methyl sites for hydroxylation is 2. The standard InChI is InChI=1S/C19H14Cl2N2O2S/c1-9-4-5-14-16(10(9)2)22-19-23(14)18(24)15(26-19)7-11-6-12(20)8-13(21)17(11)25-3/h4-8H,1-3H3/b15-7+. The van der Waals surface area contributed by atoms with Crippen molar-refractivity contribution in [2.75, 3.05) is 7.11 Å². The van der Waals surface area contributed by atoms with Crippen LogP contribution in [0.2, 0.25) is 10.0 Å². The van der Waals surface area contributed by atoms with Gasteiger partial charge in [-0.25, -0.2) is 9.38 Å². The molecule has 2 aromatic heterocycles. The van der Waals surface area contributed by atoms with Crippen molar-refractivity contribution in [2.45, 2.75) is 13.8 Å². The minimum Gasteiger partial charge on any atom is -0.495 e. The molecule has 4 aromatic rings. The number of hydrogen-bond donors (Lipinski definition) is 0. The second-order valence-electron chi connectivity index (χ2n) is 6.03. The molecule has 2 heterocycles. The van der Waals surface area contributed by atoms with Crippen LogP contribution >= 0.6 is 34.5 Å². The number of thiazole rings is 1. The van der Waals surface area contributed by atoms with E-state index in [1.807, 2.05) is 26.0 Å². The van der Waals surface area contributed by atoms with Gasteiger partial charge in [-0.1, -0.05) is 40.6 Å². The second kappa shape index (κ2) is 6.27. The van der Waals surface area contributed by atoms with Crippen molar-refractivity contribution in [2.24, 2.45) is 0 Å². The summed E-state index contributed by atoms with van der Waals surface area (Å²) >= 11 is 13.6. The first kappa shape index (κ1) is 17.3. The van der Waals surface area contributed by atoms with Crippen LogP contribution in [0.3, 0.4) is 0 Å². The van der Waals surface area contributed by atoms with Gasteiger partial charge in [0.1, 0.15) is 5.75 Å². The van der Waals surface area contributed by atoms with E-state index in [9.17, 15) is 4.79 Å². The zero-order valence-corrected chi connectivity index (χ0v) is 16.6. The Morgan fingerprint density at radius 2 is 2.00 bits per heavy atom. The van der Waals surface area contributed by atoms with Crippen LogP contribution in [-0.4, -0.2) is 16.5 Å². The Morgan fingerprint density at radius 3 is 2.73 bits per heavy atom. The third kappa shape index (κ3) is 2.58. The molecule has 0 saturated heterocycles. The Morgan fingerprint density at radius 1 is 1.23 bits per heavy atom. The molecule has 0 bridgehead atoms. The third-order valence-electron chi connectivity index (χ3n) is 4.46. The minimum absolute atomic E-state index is 0.117. The molecule has 0 radical (unpaired) electrons. The van der Waals surface area contributed by atoms with E-state index in [1.54, 1.807) is 22.6 Å². The normalized spacial score (nSPS) is 12.4. The number of imidazole rings is 1. The summed E-state index contributed by atoms with van der Waals surface area (Å²) < 4.78 is 7.55. The lowest BCUT2D eigenvalue weighted by Gasteiger charge is -2.07. The van der Waals surface area contributed by atoms with Crippen LogP contribution in [0.1, 0.15) is 16.7 Å². The highest BCUT2D eigenvalue weighted by Crippen LogP contribution is 2.32. The fraction of sp³-hybridized carbons (Fsp3) is 0.158. The van der Waals surface area contributed by atoms with Gasteiger partial charge in [-0.2, -0.15) is 0 Å². The first-order chi connectivity index (χ1) is 12.4. The molecule has 0 aliphatic carbocycles. The summed E-state index contributed by atoms with van der Waals surface area (Å²) in [6.07, 6.45) is 1.74. The van der Waals surface area contributed by atoms with Gasteiger partial charge in [-0.05, 0) is 49.2 Å². The van der Waals surface area contributed by atoms with Gasteiger partial charge in [0.2, 0.25) is 0 Å². The summed E-state index contributed by atoms with van der Waals surface area (Å²) in [6, 6.07) is 7.27. The molecular weight excluding hydrogens is 391 g/mol. The van der Waals surface area contributed by atoms with Gasteiger partial charge in [0.25, 0.3) is 5.56 Å². The average molecular weight is 405 g/mol. The van der Waals surface area contributed by atoms with Gasteiger partial charge < -0.3 is 4.74 Å². The molecule has 26 heavy (non-hydrogen) atoms. The maximum Gasteiger partial charge on any atom is 0.274 e. The van der Waals surface area contributed by atoms with Crippen LogP contribution in [0.5, 0.6) is 5.75 Å².